The van der Waals surface area contributed by atoms with Crippen LogP contribution in [0.1, 0.15) is 562 Å². The molecule has 0 amide bonds. The topological polar surface area (TPSA) is 158 Å². The van der Waals surface area contributed by atoms with Crippen LogP contribution in [0.4, 0.5) is 0 Å². The van der Waals surface area contributed by atoms with Gasteiger partial charge >= 0.3 is 35.8 Å². The van der Waals surface area contributed by atoms with E-state index in [2.05, 4.69) is 81.0 Å². The normalized spacial score (nSPS) is 10.5. The Morgan fingerprint density at radius 1 is 0.130 bits per heavy atom. The van der Waals surface area contributed by atoms with Gasteiger partial charge in [-0.1, -0.05) is 563 Å². The van der Waals surface area contributed by atoms with Crippen molar-refractivity contribution in [3.05, 3.63) is 75.9 Å². The van der Waals surface area contributed by atoms with E-state index in [4.69, 9.17) is 28.4 Å². The Labute approximate surface area is 765 Å². The second-order valence-corrected chi connectivity index (χ2v) is 34.7. The van der Waals surface area contributed by atoms with Gasteiger partial charge in [0.2, 0.25) is 0 Å². The molecule has 0 radical (unpaired) electrons. The minimum absolute atomic E-state index is 0.300. The summed E-state index contributed by atoms with van der Waals surface area (Å²) in [5, 5.41) is 0. The Kier molecular flexibility index (Phi) is 132. The Morgan fingerprint density at radius 2 is 0.195 bits per heavy atom. The summed E-state index contributed by atoms with van der Waals surface area (Å²) in [5.41, 5.74) is 0. The average molecular weight is 1740 g/mol. The van der Waals surface area contributed by atoms with Crippen LogP contribution in [0, 0.1) is 0 Å². The summed E-state index contributed by atoms with van der Waals surface area (Å²) in [6.45, 7) is 37.1. The molecule has 0 saturated heterocycles. The molecule has 0 spiro atoms. The Morgan fingerprint density at radius 3 is 0.260 bits per heavy atom. The van der Waals surface area contributed by atoms with Crippen LogP contribution >= 0.6 is 0 Å². The van der Waals surface area contributed by atoms with Crippen LogP contribution < -0.4 is 0 Å². The Balaban J connectivity index is -0.000000334. The Hall–Kier alpha value is -4.74. The molecule has 0 unspecified atom stereocenters. The highest BCUT2D eigenvalue weighted by Crippen LogP contribution is 2.20. The van der Waals surface area contributed by atoms with E-state index in [9.17, 15) is 28.8 Å². The van der Waals surface area contributed by atoms with Gasteiger partial charge in [-0.25, -0.2) is 28.8 Å². The van der Waals surface area contributed by atoms with Gasteiger partial charge in [-0.2, -0.15) is 0 Å². The van der Waals surface area contributed by atoms with E-state index < -0.39 is 0 Å². The van der Waals surface area contributed by atoms with E-state index in [1.165, 1.54) is 518 Å². The minimum Gasteiger partial charge on any atom is -0.463 e. The fourth-order valence-corrected chi connectivity index (χ4v) is 14.6. The summed E-state index contributed by atoms with van der Waals surface area (Å²) in [6, 6.07) is 0. The molecule has 12 nitrogen and oxygen atoms in total. The van der Waals surface area contributed by atoms with Crippen LogP contribution in [0.2, 0.25) is 0 Å². The zero-order valence-electron chi connectivity index (χ0n) is 83.1. The van der Waals surface area contributed by atoms with Crippen LogP contribution in [0.5, 0.6) is 0 Å². The van der Waals surface area contributed by atoms with Gasteiger partial charge in [0.1, 0.15) is 0 Å². The van der Waals surface area contributed by atoms with Crippen molar-refractivity contribution >= 4 is 35.8 Å². The molecule has 12 heteroatoms. The monoisotopic (exact) mass is 1740 g/mol. The predicted molar refractivity (Wildman–Crippen MR) is 535 cm³/mol. The van der Waals surface area contributed by atoms with Gasteiger partial charge in [-0.3, -0.25) is 0 Å². The molecule has 0 N–H and O–H groups in total. The first-order chi connectivity index (χ1) is 60.3. The lowest BCUT2D eigenvalue weighted by molar-refractivity contribution is -0.138. The molecule has 0 aliphatic rings. The summed E-state index contributed by atoms with van der Waals surface area (Å²) in [7, 11) is 0. The molecule has 0 rings (SSSR count). The van der Waals surface area contributed by atoms with Crippen molar-refractivity contribution < 1.29 is 57.2 Å². The van der Waals surface area contributed by atoms with E-state index in [-0.39, 0.29) is 35.8 Å². The number of carbonyl (C=O) groups is 6. The van der Waals surface area contributed by atoms with Gasteiger partial charge in [0, 0.05) is 36.5 Å². The molecule has 0 heterocycles. The van der Waals surface area contributed by atoms with E-state index in [1.807, 2.05) is 0 Å². The maximum absolute atomic E-state index is 10.8. The largest absolute Gasteiger partial charge is 0.463 e. The molecule has 0 aliphatic heterocycles. The predicted octanol–water partition coefficient (Wildman–Crippen LogP) is 36.0. The van der Waals surface area contributed by atoms with Gasteiger partial charge in [-0.05, 0) is 38.5 Å². The minimum atomic E-state index is -0.304. The summed E-state index contributed by atoms with van der Waals surface area (Å²) in [6.07, 6.45) is 116. The molecular formula is C111H210O12. The molecule has 123 heavy (non-hydrogen) atoms. The molecular weight excluding hydrogens is 1530 g/mol. The third-order valence-corrected chi connectivity index (χ3v) is 22.7. The highest BCUT2D eigenvalue weighted by Gasteiger charge is 2.05. The third-order valence-electron chi connectivity index (χ3n) is 22.7. The van der Waals surface area contributed by atoms with E-state index >= 15 is 0 Å². The van der Waals surface area contributed by atoms with Crippen LogP contribution in [0.3, 0.4) is 0 Å². The van der Waals surface area contributed by atoms with Gasteiger partial charge in [0.25, 0.3) is 0 Å². The molecule has 0 bridgehead atoms. The maximum Gasteiger partial charge on any atom is 0.330 e. The number of rotatable bonds is 93. The second-order valence-electron chi connectivity index (χ2n) is 34.7. The smallest absolute Gasteiger partial charge is 0.330 e. The number of unbranched alkanes of at least 4 members (excludes halogenated alkanes) is 75. The van der Waals surface area contributed by atoms with Crippen molar-refractivity contribution in [2.75, 3.05) is 39.6 Å². The number of ether oxygens (including phenoxy) is 6. The van der Waals surface area contributed by atoms with Crippen molar-refractivity contribution in [2.24, 2.45) is 0 Å². The van der Waals surface area contributed by atoms with Gasteiger partial charge in [0.15, 0.2) is 0 Å². The number of hydrogen-bond acceptors (Lipinski definition) is 12. The average Bonchev–Trinajstić information content (AvgIpc) is 1.13. The molecule has 0 atom stereocenters. The molecule has 0 aromatic carbocycles. The molecule has 0 aliphatic carbocycles. The van der Waals surface area contributed by atoms with E-state index in [0.717, 1.165) is 38.5 Å². The van der Waals surface area contributed by atoms with Crippen molar-refractivity contribution in [2.45, 2.75) is 562 Å². The standard InChI is InChI=1S/C21H40O2.C20H38O2.C19H36O2.C18H34O2.C17H32O2.C16H30O2/c1-3-5-6-7-8-9-10-11-12-13-14-15-16-17-18-19-20-23-21(22)4-2;1-3-5-6-7-8-9-10-11-12-13-14-15-16-17-18-19-22-20(21)4-2;1-3-5-6-7-8-9-10-11-12-13-14-15-16-17-18-21-19(20)4-2;1-3-5-6-7-8-9-10-11-12-13-14-15-16-17-20-18(19)4-2;1-3-5-6-7-8-9-10-11-12-13-14-15-16-19-17(18)4-2;1-3-5-6-7-8-9-10-11-12-13-14-15-18-16(17)4-2/h4H,2-3,5-20H2,1H3;4H,2-3,5-19H2,1H3;4H,2-3,5-18H2,1H3;4H,2-3,5-17H2,1H3;4H,2-3,5-16H2,1H3;4H,2-3,5-15H2,1H3. The van der Waals surface area contributed by atoms with Crippen LogP contribution in [0.25, 0.3) is 0 Å². The first-order valence-electron chi connectivity index (χ1n) is 53.1. The Bertz CT molecular complexity index is 2140. The van der Waals surface area contributed by atoms with Crippen molar-refractivity contribution in [3.63, 3.8) is 0 Å². The maximum atomic E-state index is 10.8. The fraction of sp³-hybridized carbons (Fsp3) is 0.838. The fourth-order valence-electron chi connectivity index (χ4n) is 14.6. The molecule has 726 valence electrons. The van der Waals surface area contributed by atoms with Gasteiger partial charge in [-0.15, -0.1) is 0 Å². The van der Waals surface area contributed by atoms with Crippen LogP contribution in [0.15, 0.2) is 75.9 Å². The summed E-state index contributed by atoms with van der Waals surface area (Å²) in [4.78, 5) is 64.8. The van der Waals surface area contributed by atoms with Gasteiger partial charge in [0.05, 0.1) is 39.6 Å². The van der Waals surface area contributed by atoms with Gasteiger partial charge < -0.3 is 28.4 Å². The van der Waals surface area contributed by atoms with E-state index in [0.29, 0.717) is 39.6 Å². The van der Waals surface area contributed by atoms with Crippen molar-refractivity contribution in [3.8, 4) is 0 Å². The zero-order chi connectivity index (χ0) is 91.5. The molecule has 0 saturated carbocycles. The number of esters is 6. The quantitative estimate of drug-likeness (QED) is 0.0246. The summed E-state index contributed by atoms with van der Waals surface area (Å²) < 4.78 is 29.6. The van der Waals surface area contributed by atoms with Crippen molar-refractivity contribution in [1.82, 2.24) is 0 Å². The van der Waals surface area contributed by atoms with Crippen LogP contribution in [-0.4, -0.2) is 75.5 Å². The summed E-state index contributed by atoms with van der Waals surface area (Å²) >= 11 is 0. The second kappa shape index (κ2) is 126. The lowest BCUT2D eigenvalue weighted by Gasteiger charge is -2.04. The molecule has 0 fully saturated rings. The van der Waals surface area contributed by atoms with E-state index in [1.54, 1.807) is 0 Å². The highest BCUT2D eigenvalue weighted by molar-refractivity contribution is 5.82. The lowest BCUT2D eigenvalue weighted by Crippen LogP contribution is -2.01. The number of hydrogen-bond donors (Lipinski definition) is 0. The van der Waals surface area contributed by atoms with Crippen molar-refractivity contribution in [1.29, 1.82) is 0 Å². The zero-order valence-corrected chi connectivity index (χ0v) is 83.1. The highest BCUT2D eigenvalue weighted by atomic mass is 16.5. The molecule has 0 aromatic rings. The third kappa shape index (κ3) is 138. The molecule has 0 aromatic heterocycles. The number of carbonyl (C=O) groups excluding carboxylic acids is 6. The van der Waals surface area contributed by atoms with Crippen LogP contribution in [-0.2, 0) is 57.2 Å². The SMILES string of the molecule is C=CC(=O)OCCCCCCCCCCCCC.C=CC(=O)OCCCCCCCCCCCCCC.C=CC(=O)OCCCCCCCCCCCCCCC.C=CC(=O)OCCCCCCCCCCCCCCCC.C=CC(=O)OCCCCCCCCCCCCCCCCC.C=CC(=O)OCCCCCCCCCCCCCCCCCC. The first-order valence-corrected chi connectivity index (χ1v) is 53.1. The summed E-state index contributed by atoms with van der Waals surface area (Å²) in [5.74, 6) is -1.81. The first kappa shape index (κ1) is 129. The lowest BCUT2D eigenvalue weighted by atomic mass is 10.0.